The van der Waals surface area contributed by atoms with Crippen LogP contribution in [0.25, 0.3) is 16.7 Å². The van der Waals surface area contributed by atoms with Gasteiger partial charge < -0.3 is 0 Å². The zero-order valence-corrected chi connectivity index (χ0v) is 15.3. The van der Waals surface area contributed by atoms with Gasteiger partial charge in [0.25, 0.3) is 0 Å². The van der Waals surface area contributed by atoms with Gasteiger partial charge in [0.1, 0.15) is 5.82 Å². The minimum Gasteiger partial charge on any atom is -0.296 e. The topological polar surface area (TPSA) is 17.8 Å². The summed E-state index contributed by atoms with van der Waals surface area (Å²) in [5, 5.41) is 0. The lowest BCUT2D eigenvalue weighted by molar-refractivity contribution is 0.911. The van der Waals surface area contributed by atoms with Gasteiger partial charge in [-0.1, -0.05) is 31.9 Å². The predicted molar refractivity (Wildman–Crippen MR) is 95.6 cm³/mol. The predicted octanol–water partition coefficient (Wildman–Crippen LogP) is 5.64. The Morgan fingerprint density at radius 2 is 1.95 bits per heavy atom. The molecule has 0 N–H and O–H groups in total. The van der Waals surface area contributed by atoms with Gasteiger partial charge in [0.2, 0.25) is 0 Å². The van der Waals surface area contributed by atoms with Crippen molar-refractivity contribution in [2.75, 3.05) is 5.88 Å². The average molecular weight is 429 g/mol. The van der Waals surface area contributed by atoms with E-state index in [1.807, 2.05) is 12.1 Å². The zero-order valence-electron chi connectivity index (χ0n) is 11.4. The fourth-order valence-corrected chi connectivity index (χ4v) is 3.18. The highest BCUT2D eigenvalue weighted by atomic mass is 79.9. The molecule has 2 aromatic carbocycles. The molecule has 5 heteroatoms. The Kier molecular flexibility index (Phi) is 4.38. The highest BCUT2D eigenvalue weighted by Crippen LogP contribution is 2.27. The Balaban J connectivity index is 2.27. The molecule has 3 rings (SSSR count). The molecular weight excluding hydrogens is 415 g/mol. The molecule has 0 saturated carbocycles. The Morgan fingerprint density at radius 3 is 2.67 bits per heavy atom. The molecule has 108 valence electrons. The SMILES string of the molecule is Cc1cc(-n2c(CCCl)nc3cc(Br)ccc32)ccc1Br. The molecule has 0 spiro atoms. The molecular formula is C16H13Br2ClN2. The van der Waals surface area contributed by atoms with E-state index in [-0.39, 0.29) is 0 Å². The average Bonchev–Trinajstić information content (AvgIpc) is 2.79. The summed E-state index contributed by atoms with van der Waals surface area (Å²) < 4.78 is 4.32. The van der Waals surface area contributed by atoms with E-state index < -0.39 is 0 Å². The molecule has 2 nitrogen and oxygen atoms in total. The van der Waals surface area contributed by atoms with Crippen molar-refractivity contribution < 1.29 is 0 Å². The molecule has 3 aromatic rings. The fraction of sp³-hybridized carbons (Fsp3) is 0.188. The third-order valence-electron chi connectivity index (χ3n) is 3.40. The molecule has 0 saturated heterocycles. The first-order valence-electron chi connectivity index (χ1n) is 6.59. The monoisotopic (exact) mass is 426 g/mol. The molecule has 0 atom stereocenters. The van der Waals surface area contributed by atoms with Gasteiger partial charge >= 0.3 is 0 Å². The number of benzene rings is 2. The maximum atomic E-state index is 5.94. The molecule has 21 heavy (non-hydrogen) atoms. The lowest BCUT2D eigenvalue weighted by atomic mass is 10.2. The van der Waals surface area contributed by atoms with Crippen LogP contribution in [-0.2, 0) is 6.42 Å². The molecule has 0 radical (unpaired) electrons. The molecule has 0 aliphatic rings. The molecule has 0 aliphatic heterocycles. The van der Waals surface area contributed by atoms with Crippen molar-refractivity contribution in [2.24, 2.45) is 0 Å². The molecule has 0 aliphatic carbocycles. The largest absolute Gasteiger partial charge is 0.296 e. The molecule has 0 amide bonds. The Bertz CT molecular complexity index is 811. The molecule has 0 fully saturated rings. The quantitative estimate of drug-likeness (QED) is 0.494. The van der Waals surface area contributed by atoms with Crippen LogP contribution in [0.1, 0.15) is 11.4 Å². The van der Waals surface area contributed by atoms with Crippen LogP contribution in [0.3, 0.4) is 0 Å². The number of hydrogen-bond acceptors (Lipinski definition) is 1. The van der Waals surface area contributed by atoms with Crippen LogP contribution in [0.15, 0.2) is 45.3 Å². The highest BCUT2D eigenvalue weighted by Gasteiger charge is 2.13. The lowest BCUT2D eigenvalue weighted by Gasteiger charge is -2.10. The van der Waals surface area contributed by atoms with Crippen LogP contribution >= 0.6 is 43.5 Å². The second-order valence-electron chi connectivity index (χ2n) is 4.87. The van der Waals surface area contributed by atoms with Gasteiger partial charge in [0.15, 0.2) is 0 Å². The first-order chi connectivity index (χ1) is 10.1. The maximum Gasteiger partial charge on any atom is 0.115 e. The van der Waals surface area contributed by atoms with Gasteiger partial charge in [-0.15, -0.1) is 11.6 Å². The third kappa shape index (κ3) is 2.89. The van der Waals surface area contributed by atoms with Crippen molar-refractivity contribution in [3.63, 3.8) is 0 Å². The van der Waals surface area contributed by atoms with Gasteiger partial charge in [-0.25, -0.2) is 4.98 Å². The fourth-order valence-electron chi connectivity index (χ4n) is 2.41. The zero-order chi connectivity index (χ0) is 15.0. The first-order valence-corrected chi connectivity index (χ1v) is 8.71. The van der Waals surface area contributed by atoms with Gasteiger partial charge in [0.05, 0.1) is 11.0 Å². The molecule has 1 aromatic heterocycles. The Labute approximate surface area is 145 Å². The van der Waals surface area contributed by atoms with Crippen LogP contribution in [0, 0.1) is 6.92 Å². The van der Waals surface area contributed by atoms with E-state index in [0.717, 1.165) is 37.9 Å². The summed E-state index contributed by atoms with van der Waals surface area (Å²) in [7, 11) is 0. The van der Waals surface area contributed by atoms with Crippen LogP contribution in [0.2, 0.25) is 0 Å². The Hall–Kier alpha value is -0.840. The van der Waals surface area contributed by atoms with Crippen molar-refractivity contribution in [3.8, 4) is 5.69 Å². The summed E-state index contributed by atoms with van der Waals surface area (Å²) in [6.07, 6.45) is 0.739. The number of aryl methyl sites for hydroxylation is 2. The number of fused-ring (bicyclic) bond motifs is 1. The van der Waals surface area contributed by atoms with E-state index in [4.69, 9.17) is 16.6 Å². The number of hydrogen-bond donors (Lipinski definition) is 0. The summed E-state index contributed by atoms with van der Waals surface area (Å²) in [6, 6.07) is 12.5. The normalized spacial score (nSPS) is 11.2. The van der Waals surface area contributed by atoms with Crippen LogP contribution in [0.4, 0.5) is 0 Å². The van der Waals surface area contributed by atoms with E-state index in [1.165, 1.54) is 5.56 Å². The standard InChI is InChI=1S/C16H13Br2ClN2/c1-10-8-12(3-4-13(10)18)21-15-5-2-11(17)9-14(15)20-16(21)6-7-19/h2-5,8-9H,6-7H2,1H3. The van der Waals surface area contributed by atoms with Crippen LogP contribution in [-0.4, -0.2) is 15.4 Å². The minimum absolute atomic E-state index is 0.556. The summed E-state index contributed by atoms with van der Waals surface area (Å²) in [5.41, 5.74) is 4.38. The summed E-state index contributed by atoms with van der Waals surface area (Å²) >= 11 is 13.0. The number of alkyl halides is 1. The van der Waals surface area contributed by atoms with Crippen molar-refractivity contribution in [3.05, 3.63) is 56.7 Å². The lowest BCUT2D eigenvalue weighted by Crippen LogP contribution is -2.02. The van der Waals surface area contributed by atoms with Gasteiger partial charge in [-0.2, -0.15) is 0 Å². The summed E-state index contributed by atoms with van der Waals surface area (Å²) in [5.74, 6) is 1.54. The highest BCUT2D eigenvalue weighted by molar-refractivity contribution is 9.10. The third-order valence-corrected chi connectivity index (χ3v) is 4.98. The van der Waals surface area contributed by atoms with Crippen LogP contribution < -0.4 is 0 Å². The summed E-state index contributed by atoms with van der Waals surface area (Å²) in [6.45, 7) is 2.09. The second-order valence-corrected chi connectivity index (χ2v) is 7.02. The first kappa shape index (κ1) is 15.1. The van der Waals surface area contributed by atoms with Gasteiger partial charge in [-0.05, 0) is 48.9 Å². The molecule has 1 heterocycles. The van der Waals surface area contributed by atoms with E-state index in [9.17, 15) is 0 Å². The van der Waals surface area contributed by atoms with Gasteiger partial charge in [-0.3, -0.25) is 4.57 Å². The van der Waals surface area contributed by atoms with Crippen LogP contribution in [0.5, 0.6) is 0 Å². The van der Waals surface area contributed by atoms with Crippen molar-refractivity contribution >= 4 is 54.5 Å². The molecule has 0 unspecified atom stereocenters. The smallest absolute Gasteiger partial charge is 0.115 e. The number of rotatable bonds is 3. The summed E-state index contributed by atoms with van der Waals surface area (Å²) in [4.78, 5) is 4.73. The van der Waals surface area contributed by atoms with Crippen molar-refractivity contribution in [1.29, 1.82) is 0 Å². The molecule has 0 bridgehead atoms. The van der Waals surface area contributed by atoms with E-state index in [2.05, 4.69) is 67.6 Å². The maximum absolute atomic E-state index is 5.94. The van der Waals surface area contributed by atoms with E-state index >= 15 is 0 Å². The van der Waals surface area contributed by atoms with Crippen molar-refractivity contribution in [1.82, 2.24) is 9.55 Å². The number of nitrogens with zero attached hydrogens (tertiary/aromatic N) is 2. The number of imidazole rings is 1. The number of halogens is 3. The van der Waals surface area contributed by atoms with E-state index in [0.29, 0.717) is 5.88 Å². The van der Waals surface area contributed by atoms with Crippen molar-refractivity contribution in [2.45, 2.75) is 13.3 Å². The minimum atomic E-state index is 0.556. The number of aromatic nitrogens is 2. The van der Waals surface area contributed by atoms with E-state index in [1.54, 1.807) is 0 Å². The Morgan fingerprint density at radius 1 is 1.14 bits per heavy atom. The second kappa shape index (κ2) is 6.11. The van der Waals surface area contributed by atoms with Gasteiger partial charge in [0, 0.05) is 26.9 Å².